The zero-order valence-electron chi connectivity index (χ0n) is 9.69. The molecular formula is C12H18BrFN2. The molecule has 0 aliphatic carbocycles. The van der Waals surface area contributed by atoms with Crippen LogP contribution < -0.4 is 11.1 Å². The van der Waals surface area contributed by atoms with E-state index in [4.69, 9.17) is 5.73 Å². The van der Waals surface area contributed by atoms with Crippen LogP contribution in [0, 0.1) is 11.2 Å². The second kappa shape index (κ2) is 5.64. The van der Waals surface area contributed by atoms with Crippen LogP contribution in [0.3, 0.4) is 0 Å². The van der Waals surface area contributed by atoms with Gasteiger partial charge in [-0.05, 0) is 36.6 Å². The molecule has 0 atom stereocenters. The topological polar surface area (TPSA) is 38.0 Å². The Bertz CT molecular complexity index is 353. The SMILES string of the molecule is CC(C)(CCN)CNc1cc(Br)ccc1F. The predicted molar refractivity (Wildman–Crippen MR) is 70.0 cm³/mol. The van der Waals surface area contributed by atoms with Gasteiger partial charge in [-0.25, -0.2) is 4.39 Å². The molecule has 4 heteroatoms. The van der Waals surface area contributed by atoms with Crippen molar-refractivity contribution in [3.8, 4) is 0 Å². The number of benzene rings is 1. The third-order valence-electron chi connectivity index (χ3n) is 2.51. The summed E-state index contributed by atoms with van der Waals surface area (Å²) in [5, 5.41) is 3.12. The second-order valence-corrected chi connectivity index (χ2v) is 5.60. The molecule has 1 rings (SSSR count). The quantitative estimate of drug-likeness (QED) is 0.872. The fraction of sp³-hybridized carbons (Fsp3) is 0.500. The van der Waals surface area contributed by atoms with E-state index in [1.165, 1.54) is 6.07 Å². The lowest BCUT2D eigenvalue weighted by molar-refractivity contribution is 0.364. The third kappa shape index (κ3) is 4.10. The Labute approximate surface area is 105 Å². The van der Waals surface area contributed by atoms with E-state index in [2.05, 4.69) is 35.1 Å². The number of hydrogen-bond donors (Lipinski definition) is 2. The summed E-state index contributed by atoms with van der Waals surface area (Å²) in [6, 6.07) is 4.88. The molecule has 0 aliphatic rings. The van der Waals surface area contributed by atoms with E-state index < -0.39 is 0 Å². The molecule has 0 aromatic heterocycles. The van der Waals surface area contributed by atoms with Crippen molar-refractivity contribution in [1.29, 1.82) is 0 Å². The van der Waals surface area contributed by atoms with Crippen molar-refractivity contribution in [3.05, 3.63) is 28.5 Å². The van der Waals surface area contributed by atoms with Crippen molar-refractivity contribution in [2.75, 3.05) is 18.4 Å². The lowest BCUT2D eigenvalue weighted by atomic mass is 9.89. The molecule has 0 saturated carbocycles. The number of halogens is 2. The maximum Gasteiger partial charge on any atom is 0.146 e. The first-order valence-electron chi connectivity index (χ1n) is 5.33. The maximum absolute atomic E-state index is 13.4. The van der Waals surface area contributed by atoms with Crippen molar-refractivity contribution in [2.24, 2.45) is 11.1 Å². The molecule has 0 bridgehead atoms. The molecule has 0 fully saturated rings. The van der Waals surface area contributed by atoms with Crippen LogP contribution in [0.2, 0.25) is 0 Å². The molecule has 0 heterocycles. The van der Waals surface area contributed by atoms with Gasteiger partial charge in [0.25, 0.3) is 0 Å². The highest BCUT2D eigenvalue weighted by atomic mass is 79.9. The number of nitrogens with one attached hydrogen (secondary N) is 1. The highest BCUT2D eigenvalue weighted by Crippen LogP contribution is 2.24. The molecule has 0 unspecified atom stereocenters. The first-order chi connectivity index (χ1) is 7.44. The fourth-order valence-electron chi connectivity index (χ4n) is 1.45. The summed E-state index contributed by atoms with van der Waals surface area (Å²) in [6.07, 6.45) is 0.912. The predicted octanol–water partition coefficient (Wildman–Crippen LogP) is 3.38. The fourth-order valence-corrected chi connectivity index (χ4v) is 1.81. The minimum Gasteiger partial charge on any atom is -0.382 e. The Hall–Kier alpha value is -0.610. The Morgan fingerprint density at radius 2 is 2.12 bits per heavy atom. The molecule has 1 aromatic carbocycles. The molecule has 0 spiro atoms. The summed E-state index contributed by atoms with van der Waals surface area (Å²) in [5.74, 6) is -0.230. The van der Waals surface area contributed by atoms with E-state index in [0.29, 0.717) is 18.8 Å². The van der Waals surface area contributed by atoms with E-state index >= 15 is 0 Å². The van der Waals surface area contributed by atoms with Gasteiger partial charge in [0.05, 0.1) is 5.69 Å². The molecule has 3 N–H and O–H groups in total. The molecule has 0 amide bonds. The largest absolute Gasteiger partial charge is 0.382 e. The van der Waals surface area contributed by atoms with Crippen LogP contribution in [0.15, 0.2) is 22.7 Å². The lowest BCUT2D eigenvalue weighted by Gasteiger charge is -2.25. The lowest BCUT2D eigenvalue weighted by Crippen LogP contribution is -2.26. The van der Waals surface area contributed by atoms with Gasteiger partial charge in [0.15, 0.2) is 0 Å². The molecule has 2 nitrogen and oxygen atoms in total. The van der Waals surface area contributed by atoms with Crippen molar-refractivity contribution in [1.82, 2.24) is 0 Å². The standard InChI is InChI=1S/C12H18BrFN2/c1-12(2,5-6-15)8-16-11-7-9(13)3-4-10(11)14/h3-4,7,16H,5-6,8,15H2,1-2H3. The third-order valence-corrected chi connectivity index (χ3v) is 3.00. The molecule has 0 saturated heterocycles. The zero-order valence-corrected chi connectivity index (χ0v) is 11.3. The van der Waals surface area contributed by atoms with Crippen LogP contribution in [0.1, 0.15) is 20.3 Å². The second-order valence-electron chi connectivity index (χ2n) is 4.68. The highest BCUT2D eigenvalue weighted by Gasteiger charge is 2.17. The van der Waals surface area contributed by atoms with Crippen molar-refractivity contribution in [3.63, 3.8) is 0 Å². The first kappa shape index (κ1) is 13.5. The van der Waals surface area contributed by atoms with Gasteiger partial charge < -0.3 is 11.1 Å². The van der Waals surface area contributed by atoms with Crippen LogP contribution in [0.5, 0.6) is 0 Å². The summed E-state index contributed by atoms with van der Waals surface area (Å²) < 4.78 is 14.3. The van der Waals surface area contributed by atoms with E-state index in [-0.39, 0.29) is 11.2 Å². The van der Waals surface area contributed by atoms with E-state index in [9.17, 15) is 4.39 Å². The normalized spacial score (nSPS) is 11.6. The Morgan fingerprint density at radius 3 is 2.75 bits per heavy atom. The van der Waals surface area contributed by atoms with Crippen molar-refractivity contribution < 1.29 is 4.39 Å². The minimum atomic E-state index is -0.230. The van der Waals surface area contributed by atoms with Crippen LogP contribution in [0.25, 0.3) is 0 Å². The zero-order chi connectivity index (χ0) is 12.2. The van der Waals surface area contributed by atoms with Crippen molar-refractivity contribution in [2.45, 2.75) is 20.3 Å². The Morgan fingerprint density at radius 1 is 1.44 bits per heavy atom. The van der Waals surface area contributed by atoms with Crippen LogP contribution in [-0.4, -0.2) is 13.1 Å². The number of anilines is 1. The number of hydrogen-bond acceptors (Lipinski definition) is 2. The van der Waals surface area contributed by atoms with Gasteiger partial charge in [-0.1, -0.05) is 29.8 Å². The molecular weight excluding hydrogens is 271 g/mol. The molecule has 1 aromatic rings. The summed E-state index contributed by atoms with van der Waals surface area (Å²) in [6.45, 7) is 5.58. The van der Waals surface area contributed by atoms with E-state index in [1.807, 2.05) is 0 Å². The Balaban J connectivity index is 2.63. The van der Waals surface area contributed by atoms with Gasteiger partial charge in [0.1, 0.15) is 5.82 Å². The summed E-state index contributed by atoms with van der Waals surface area (Å²) >= 11 is 3.32. The molecule has 0 radical (unpaired) electrons. The van der Waals surface area contributed by atoms with Crippen LogP contribution >= 0.6 is 15.9 Å². The smallest absolute Gasteiger partial charge is 0.146 e. The van der Waals surface area contributed by atoms with Gasteiger partial charge >= 0.3 is 0 Å². The van der Waals surface area contributed by atoms with Gasteiger partial charge in [0.2, 0.25) is 0 Å². The van der Waals surface area contributed by atoms with Crippen LogP contribution in [0.4, 0.5) is 10.1 Å². The molecule has 90 valence electrons. The van der Waals surface area contributed by atoms with E-state index in [1.54, 1.807) is 12.1 Å². The van der Waals surface area contributed by atoms with Gasteiger partial charge in [-0.3, -0.25) is 0 Å². The summed E-state index contributed by atoms with van der Waals surface area (Å²) in [4.78, 5) is 0. The monoisotopic (exact) mass is 288 g/mol. The Kier molecular flexibility index (Phi) is 4.74. The maximum atomic E-state index is 13.4. The van der Waals surface area contributed by atoms with E-state index in [0.717, 1.165) is 10.9 Å². The summed E-state index contributed by atoms with van der Waals surface area (Å²) in [7, 11) is 0. The molecule has 16 heavy (non-hydrogen) atoms. The van der Waals surface area contributed by atoms with Gasteiger partial charge in [-0.2, -0.15) is 0 Å². The molecule has 0 aliphatic heterocycles. The number of rotatable bonds is 5. The average Bonchev–Trinajstić information content (AvgIpc) is 2.19. The highest BCUT2D eigenvalue weighted by molar-refractivity contribution is 9.10. The average molecular weight is 289 g/mol. The van der Waals surface area contributed by atoms with Gasteiger partial charge in [0, 0.05) is 11.0 Å². The first-order valence-corrected chi connectivity index (χ1v) is 6.13. The summed E-state index contributed by atoms with van der Waals surface area (Å²) in [5.41, 5.74) is 6.13. The van der Waals surface area contributed by atoms with Crippen molar-refractivity contribution >= 4 is 21.6 Å². The number of nitrogens with two attached hydrogens (primary N) is 1. The van der Waals surface area contributed by atoms with Gasteiger partial charge in [-0.15, -0.1) is 0 Å². The van der Waals surface area contributed by atoms with Crippen LogP contribution in [-0.2, 0) is 0 Å². The minimum absolute atomic E-state index is 0.0729.